The first-order valence-electron chi connectivity index (χ1n) is 9.13. The third kappa shape index (κ3) is 4.04. The second kappa shape index (κ2) is 8.48. The van der Waals surface area contributed by atoms with E-state index in [-0.39, 0.29) is 5.91 Å². The van der Waals surface area contributed by atoms with Crippen LogP contribution >= 0.6 is 11.6 Å². The first-order valence-corrected chi connectivity index (χ1v) is 9.51. The van der Waals surface area contributed by atoms with Crippen LogP contribution in [0.5, 0.6) is 11.5 Å². The summed E-state index contributed by atoms with van der Waals surface area (Å²) in [5, 5.41) is 6.38. The molecule has 2 aromatic carbocycles. The van der Waals surface area contributed by atoms with Gasteiger partial charge >= 0.3 is 0 Å². The van der Waals surface area contributed by atoms with E-state index in [9.17, 15) is 4.79 Å². The first kappa shape index (κ1) is 20.0. The normalized spacial score (nSPS) is 15.2. The van der Waals surface area contributed by atoms with Crippen molar-refractivity contribution in [1.82, 2.24) is 0 Å². The lowest BCUT2D eigenvalue weighted by atomic mass is 10.1. The average molecular weight is 399 g/mol. The molecule has 0 atom stereocenters. The smallest absolute Gasteiger partial charge is 0.280 e. The maximum Gasteiger partial charge on any atom is 0.280 e. The molecule has 1 aliphatic rings. The number of hydrogen-bond acceptors (Lipinski definition) is 4. The van der Waals surface area contributed by atoms with Gasteiger partial charge in [-0.15, -0.1) is 0 Å². The molecule has 2 aromatic rings. The van der Waals surface area contributed by atoms with E-state index in [2.05, 4.69) is 5.10 Å². The van der Waals surface area contributed by atoms with Crippen molar-refractivity contribution in [3.8, 4) is 11.5 Å². The molecule has 0 aliphatic carbocycles. The number of aryl methyl sites for hydroxylation is 1. The van der Waals surface area contributed by atoms with E-state index in [1.807, 2.05) is 57.2 Å². The number of carbonyl (C=O) groups excluding carboxylic acids is 1. The van der Waals surface area contributed by atoms with E-state index in [0.717, 1.165) is 17.5 Å². The lowest BCUT2D eigenvalue weighted by Crippen LogP contribution is -2.21. The van der Waals surface area contributed by atoms with Gasteiger partial charge in [0.15, 0.2) is 11.5 Å². The molecule has 0 bridgehead atoms. The monoisotopic (exact) mass is 398 g/mol. The molecule has 6 heteroatoms. The molecule has 1 aliphatic heterocycles. The second-order valence-corrected chi connectivity index (χ2v) is 6.96. The maximum atomic E-state index is 12.9. The van der Waals surface area contributed by atoms with Gasteiger partial charge in [0.1, 0.15) is 0 Å². The highest BCUT2D eigenvalue weighted by molar-refractivity contribution is 6.33. The molecule has 0 aromatic heterocycles. The number of ether oxygens (including phenoxy) is 2. The molecular weight excluding hydrogens is 376 g/mol. The molecule has 0 unspecified atom stereocenters. The Morgan fingerprint density at radius 1 is 1.14 bits per heavy atom. The van der Waals surface area contributed by atoms with E-state index in [4.69, 9.17) is 21.1 Å². The molecule has 1 amide bonds. The van der Waals surface area contributed by atoms with Crippen LogP contribution in [0.3, 0.4) is 0 Å². The first-order chi connectivity index (χ1) is 13.4. The summed E-state index contributed by atoms with van der Waals surface area (Å²) in [5.74, 6) is 1.12. The molecule has 0 N–H and O–H groups in total. The summed E-state index contributed by atoms with van der Waals surface area (Å²) < 4.78 is 11.1. The Labute approximate surface area is 170 Å². The minimum Gasteiger partial charge on any atom is -0.493 e. The predicted molar refractivity (Wildman–Crippen MR) is 114 cm³/mol. The van der Waals surface area contributed by atoms with Gasteiger partial charge in [0.05, 0.1) is 30.7 Å². The molecule has 146 valence electrons. The predicted octanol–water partition coefficient (Wildman–Crippen LogP) is 5.25. The molecule has 28 heavy (non-hydrogen) atoms. The van der Waals surface area contributed by atoms with Crippen molar-refractivity contribution in [2.45, 2.75) is 27.2 Å². The zero-order valence-electron chi connectivity index (χ0n) is 16.5. The van der Waals surface area contributed by atoms with Gasteiger partial charge in [0.2, 0.25) is 0 Å². The number of amides is 1. The topological polar surface area (TPSA) is 51.1 Å². The highest BCUT2D eigenvalue weighted by atomic mass is 35.5. The van der Waals surface area contributed by atoms with Gasteiger partial charge in [0.25, 0.3) is 5.91 Å². The number of nitrogens with zero attached hydrogens (tertiary/aromatic N) is 2. The van der Waals surface area contributed by atoms with E-state index < -0.39 is 0 Å². The number of hydrazone groups is 1. The van der Waals surface area contributed by atoms with Crippen LogP contribution in [0.1, 0.15) is 31.4 Å². The van der Waals surface area contributed by atoms with Crippen LogP contribution in [-0.2, 0) is 4.79 Å². The van der Waals surface area contributed by atoms with Crippen LogP contribution in [-0.4, -0.2) is 25.3 Å². The van der Waals surface area contributed by atoms with Gasteiger partial charge in [-0.25, -0.2) is 0 Å². The number of carbonyl (C=O) groups is 1. The summed E-state index contributed by atoms with van der Waals surface area (Å²) in [7, 11) is 1.60. The molecule has 0 fully saturated rings. The van der Waals surface area contributed by atoms with Gasteiger partial charge in [-0.05, 0) is 61.7 Å². The molecular formula is C22H23ClN2O3. The number of hydrogen-bond donors (Lipinski definition) is 0. The Morgan fingerprint density at radius 2 is 1.93 bits per heavy atom. The molecule has 0 saturated heterocycles. The third-order valence-electron chi connectivity index (χ3n) is 4.42. The largest absolute Gasteiger partial charge is 0.493 e. The molecule has 1 heterocycles. The van der Waals surface area contributed by atoms with Crippen LogP contribution in [0, 0.1) is 6.92 Å². The van der Waals surface area contributed by atoms with Crippen LogP contribution in [0.2, 0.25) is 5.02 Å². The Hall–Kier alpha value is -2.79. The standard InChI is InChI=1S/C22H23ClN2O3/c1-5-10-28-20-9-7-16(12-21(20)27-4)11-18-15(3)24-25(22(18)26)17-8-6-14(2)19(23)13-17/h6-9,11-13H,5,10H2,1-4H3/b18-11-. The SMILES string of the molecule is CCCOc1ccc(/C=C2\C(=O)N(c3ccc(C)c(Cl)c3)N=C2C)cc1OC. The maximum absolute atomic E-state index is 12.9. The average Bonchev–Trinajstić information content (AvgIpc) is 2.97. The van der Waals surface area contributed by atoms with Crippen molar-refractivity contribution < 1.29 is 14.3 Å². The molecule has 0 saturated carbocycles. The van der Waals surface area contributed by atoms with Gasteiger partial charge < -0.3 is 9.47 Å². The molecule has 0 radical (unpaired) electrons. The van der Waals surface area contributed by atoms with Crippen molar-refractivity contribution in [1.29, 1.82) is 0 Å². The van der Waals surface area contributed by atoms with E-state index >= 15 is 0 Å². The zero-order valence-corrected chi connectivity index (χ0v) is 17.2. The molecule has 0 spiro atoms. The number of anilines is 1. The number of rotatable bonds is 6. The Morgan fingerprint density at radius 3 is 2.61 bits per heavy atom. The van der Waals surface area contributed by atoms with Crippen LogP contribution in [0.25, 0.3) is 6.08 Å². The second-order valence-electron chi connectivity index (χ2n) is 6.55. The third-order valence-corrected chi connectivity index (χ3v) is 4.83. The summed E-state index contributed by atoms with van der Waals surface area (Å²) in [6.45, 7) is 6.40. The highest BCUT2D eigenvalue weighted by Gasteiger charge is 2.29. The van der Waals surface area contributed by atoms with Crippen molar-refractivity contribution in [3.63, 3.8) is 0 Å². The van der Waals surface area contributed by atoms with E-state index in [0.29, 0.717) is 40.1 Å². The molecule has 5 nitrogen and oxygen atoms in total. The lowest BCUT2D eigenvalue weighted by Gasteiger charge is -2.13. The highest BCUT2D eigenvalue weighted by Crippen LogP contribution is 2.31. The van der Waals surface area contributed by atoms with Crippen molar-refractivity contribution >= 4 is 35.0 Å². The number of benzene rings is 2. The summed E-state index contributed by atoms with van der Waals surface area (Å²) >= 11 is 6.20. The van der Waals surface area contributed by atoms with Gasteiger partial charge in [0, 0.05) is 5.02 Å². The zero-order chi connectivity index (χ0) is 20.3. The Kier molecular flexibility index (Phi) is 6.05. The van der Waals surface area contributed by atoms with Crippen molar-refractivity contribution in [2.75, 3.05) is 18.7 Å². The number of methoxy groups -OCH3 is 1. The van der Waals surface area contributed by atoms with Crippen molar-refractivity contribution in [3.05, 3.63) is 58.1 Å². The van der Waals surface area contributed by atoms with Crippen LogP contribution in [0.15, 0.2) is 47.1 Å². The summed E-state index contributed by atoms with van der Waals surface area (Å²) in [6.07, 6.45) is 2.72. The number of halogens is 1. The Balaban J connectivity index is 1.89. The van der Waals surface area contributed by atoms with Crippen molar-refractivity contribution in [2.24, 2.45) is 5.10 Å². The summed E-state index contributed by atoms with van der Waals surface area (Å²) in [5.41, 5.74) is 3.60. The van der Waals surface area contributed by atoms with E-state index in [1.165, 1.54) is 5.01 Å². The fourth-order valence-electron chi connectivity index (χ4n) is 2.84. The van der Waals surface area contributed by atoms with Crippen LogP contribution < -0.4 is 14.5 Å². The lowest BCUT2D eigenvalue weighted by molar-refractivity contribution is -0.114. The van der Waals surface area contributed by atoms with Gasteiger partial charge in [-0.1, -0.05) is 30.7 Å². The van der Waals surface area contributed by atoms with E-state index in [1.54, 1.807) is 13.2 Å². The fraction of sp³-hybridized carbons (Fsp3) is 0.273. The quantitative estimate of drug-likeness (QED) is 0.624. The fourth-order valence-corrected chi connectivity index (χ4v) is 3.02. The molecule has 3 rings (SSSR count). The Bertz CT molecular complexity index is 966. The van der Waals surface area contributed by atoms with Gasteiger partial charge in [-0.2, -0.15) is 10.1 Å². The minimum atomic E-state index is -0.192. The minimum absolute atomic E-state index is 0.192. The summed E-state index contributed by atoms with van der Waals surface area (Å²) in [6, 6.07) is 11.1. The van der Waals surface area contributed by atoms with Crippen LogP contribution in [0.4, 0.5) is 5.69 Å². The van der Waals surface area contributed by atoms with Gasteiger partial charge in [-0.3, -0.25) is 4.79 Å². The summed E-state index contributed by atoms with van der Waals surface area (Å²) in [4.78, 5) is 12.9.